The number of carbonyl (C=O) groups is 1. The number of nitrogens with zero attached hydrogens (tertiary/aromatic N) is 3. The number of carbonyl (C=O) groups excluding carboxylic acids is 1. The number of benzene rings is 1. The highest BCUT2D eigenvalue weighted by molar-refractivity contribution is 7.99. The van der Waals surface area contributed by atoms with Gasteiger partial charge in [0.25, 0.3) is 0 Å². The molecule has 0 bridgehead atoms. The molecule has 3 rings (SSSR count). The van der Waals surface area contributed by atoms with E-state index in [9.17, 15) is 9.18 Å². The number of nitrogens with one attached hydrogen (secondary N) is 1. The minimum Gasteiger partial charge on any atom is -0.461 e. The van der Waals surface area contributed by atoms with E-state index in [1.807, 2.05) is 4.57 Å². The molecule has 1 amide bonds. The molecule has 3 aromatic rings. The molecule has 0 aliphatic carbocycles. The lowest BCUT2D eigenvalue weighted by atomic mass is 10.3. The molecule has 0 aliphatic rings. The molecule has 9 heteroatoms. The van der Waals surface area contributed by atoms with Crippen molar-refractivity contribution in [3.05, 3.63) is 48.5 Å². The lowest BCUT2D eigenvalue weighted by Crippen LogP contribution is -2.15. The minimum atomic E-state index is -0.473. The van der Waals surface area contributed by atoms with E-state index in [1.165, 1.54) is 23.9 Å². The summed E-state index contributed by atoms with van der Waals surface area (Å²) in [6.07, 6.45) is 2.33. The summed E-state index contributed by atoms with van der Waals surface area (Å²) in [6, 6.07) is 9.62. The Morgan fingerprint density at radius 2 is 2.15 bits per heavy atom. The summed E-state index contributed by atoms with van der Waals surface area (Å²) in [7, 11) is 1.64. The van der Waals surface area contributed by atoms with E-state index in [0.717, 1.165) is 6.42 Å². The first kappa shape index (κ1) is 19.1. The van der Waals surface area contributed by atoms with E-state index in [4.69, 9.17) is 9.15 Å². The quantitative estimate of drug-likeness (QED) is 0.445. The second-order valence-electron chi connectivity index (χ2n) is 5.60. The molecule has 2 heterocycles. The van der Waals surface area contributed by atoms with Crippen molar-refractivity contribution in [3.8, 4) is 11.6 Å². The van der Waals surface area contributed by atoms with Gasteiger partial charge in [0.1, 0.15) is 5.82 Å². The van der Waals surface area contributed by atoms with Crippen molar-refractivity contribution >= 4 is 23.4 Å². The molecule has 2 aromatic heterocycles. The Bertz CT molecular complexity index is 883. The van der Waals surface area contributed by atoms with Gasteiger partial charge in [0.05, 0.1) is 17.7 Å². The zero-order chi connectivity index (χ0) is 19.1. The summed E-state index contributed by atoms with van der Waals surface area (Å²) in [5.74, 6) is 0.472. The van der Waals surface area contributed by atoms with Gasteiger partial charge in [-0.25, -0.2) is 4.39 Å². The number of aromatic nitrogens is 3. The summed E-state index contributed by atoms with van der Waals surface area (Å²) in [4.78, 5) is 12.2. The van der Waals surface area contributed by atoms with E-state index in [-0.39, 0.29) is 17.3 Å². The predicted molar refractivity (Wildman–Crippen MR) is 100.0 cm³/mol. The standard InChI is InChI=1S/C18H19FN4O3S/c1-25-10-5-9-23-17(15-8-4-11-26-15)21-22-18(23)27-12-16(24)20-14-7-3-2-6-13(14)19/h2-4,6-8,11H,5,9-10,12H2,1H3,(H,20,24). The van der Waals surface area contributed by atoms with Crippen LogP contribution in [0.3, 0.4) is 0 Å². The van der Waals surface area contributed by atoms with Gasteiger partial charge in [-0.05, 0) is 30.7 Å². The first-order valence-electron chi connectivity index (χ1n) is 8.32. The number of ether oxygens (including phenoxy) is 1. The Morgan fingerprint density at radius 1 is 1.30 bits per heavy atom. The van der Waals surface area contributed by atoms with Gasteiger partial charge in [0.15, 0.2) is 16.7 Å². The van der Waals surface area contributed by atoms with Gasteiger partial charge in [-0.15, -0.1) is 10.2 Å². The van der Waals surface area contributed by atoms with Crippen LogP contribution in [-0.2, 0) is 16.1 Å². The summed E-state index contributed by atoms with van der Waals surface area (Å²) in [6.45, 7) is 1.21. The van der Waals surface area contributed by atoms with Gasteiger partial charge in [0.2, 0.25) is 5.91 Å². The fraction of sp³-hybridized carbons (Fsp3) is 0.278. The lowest BCUT2D eigenvalue weighted by molar-refractivity contribution is -0.113. The molecule has 1 N–H and O–H groups in total. The van der Waals surface area contributed by atoms with Gasteiger partial charge in [-0.2, -0.15) is 0 Å². The largest absolute Gasteiger partial charge is 0.461 e. The molecule has 7 nitrogen and oxygen atoms in total. The first-order chi connectivity index (χ1) is 13.2. The third-order valence-corrected chi connectivity index (χ3v) is 4.64. The van der Waals surface area contributed by atoms with Crippen LogP contribution in [0.15, 0.2) is 52.2 Å². The van der Waals surface area contributed by atoms with Gasteiger partial charge in [0, 0.05) is 20.3 Å². The highest BCUT2D eigenvalue weighted by atomic mass is 32.2. The molecule has 0 aliphatic heterocycles. The molecule has 0 saturated heterocycles. The number of methoxy groups -OCH3 is 1. The topological polar surface area (TPSA) is 82.2 Å². The number of para-hydroxylation sites is 1. The Hall–Kier alpha value is -2.65. The van der Waals surface area contributed by atoms with Crippen LogP contribution in [-0.4, -0.2) is 40.1 Å². The van der Waals surface area contributed by atoms with Crippen LogP contribution in [0.2, 0.25) is 0 Å². The van der Waals surface area contributed by atoms with E-state index < -0.39 is 5.82 Å². The lowest BCUT2D eigenvalue weighted by Gasteiger charge is -2.09. The van der Waals surface area contributed by atoms with Crippen molar-refractivity contribution in [3.63, 3.8) is 0 Å². The molecular weight excluding hydrogens is 371 g/mol. The van der Waals surface area contributed by atoms with Gasteiger partial charge >= 0.3 is 0 Å². The average molecular weight is 390 g/mol. The minimum absolute atomic E-state index is 0.0783. The van der Waals surface area contributed by atoms with Crippen LogP contribution >= 0.6 is 11.8 Å². The number of halogens is 1. The van der Waals surface area contributed by atoms with Crippen molar-refractivity contribution in [1.29, 1.82) is 0 Å². The van der Waals surface area contributed by atoms with Gasteiger partial charge in [-0.3, -0.25) is 9.36 Å². The Labute approximate surface area is 159 Å². The first-order valence-corrected chi connectivity index (χ1v) is 9.31. The summed E-state index contributed by atoms with van der Waals surface area (Å²) in [5, 5.41) is 11.5. The number of amides is 1. The number of hydrogen-bond donors (Lipinski definition) is 1. The van der Waals surface area contributed by atoms with Crippen LogP contribution in [0.1, 0.15) is 6.42 Å². The second-order valence-corrected chi connectivity index (χ2v) is 6.54. The van der Waals surface area contributed by atoms with E-state index in [2.05, 4.69) is 15.5 Å². The Balaban J connectivity index is 1.68. The number of thioether (sulfide) groups is 1. The normalized spacial score (nSPS) is 10.9. The van der Waals surface area contributed by atoms with Crippen LogP contribution in [0, 0.1) is 5.82 Å². The van der Waals surface area contributed by atoms with E-state index >= 15 is 0 Å². The van der Waals surface area contributed by atoms with Crippen molar-refractivity contribution in [2.75, 3.05) is 24.8 Å². The van der Waals surface area contributed by atoms with Crippen LogP contribution in [0.25, 0.3) is 11.6 Å². The number of hydrogen-bond acceptors (Lipinski definition) is 6. The van der Waals surface area contributed by atoms with Gasteiger partial charge in [-0.1, -0.05) is 23.9 Å². The number of rotatable bonds is 9. The summed E-state index contributed by atoms with van der Waals surface area (Å²) in [5.41, 5.74) is 0.154. The fourth-order valence-electron chi connectivity index (χ4n) is 2.43. The van der Waals surface area contributed by atoms with Crippen molar-refractivity contribution < 1.29 is 18.3 Å². The SMILES string of the molecule is COCCCn1c(SCC(=O)Nc2ccccc2F)nnc1-c1ccco1. The molecule has 27 heavy (non-hydrogen) atoms. The molecule has 142 valence electrons. The number of furan rings is 1. The summed E-state index contributed by atoms with van der Waals surface area (Å²) < 4.78 is 26.0. The highest BCUT2D eigenvalue weighted by Gasteiger charge is 2.17. The maximum Gasteiger partial charge on any atom is 0.234 e. The maximum absolute atomic E-state index is 13.6. The highest BCUT2D eigenvalue weighted by Crippen LogP contribution is 2.25. The van der Waals surface area contributed by atoms with E-state index in [0.29, 0.717) is 29.9 Å². The maximum atomic E-state index is 13.6. The molecule has 0 radical (unpaired) electrons. The van der Waals surface area contributed by atoms with E-state index in [1.54, 1.807) is 37.6 Å². The van der Waals surface area contributed by atoms with Crippen LogP contribution < -0.4 is 5.32 Å². The average Bonchev–Trinajstić information content (AvgIpc) is 3.32. The van der Waals surface area contributed by atoms with Crippen molar-refractivity contribution in [2.24, 2.45) is 0 Å². The Kier molecular flexibility index (Phi) is 6.61. The predicted octanol–water partition coefficient (Wildman–Crippen LogP) is 3.44. The Morgan fingerprint density at radius 3 is 2.89 bits per heavy atom. The van der Waals surface area contributed by atoms with Crippen molar-refractivity contribution in [2.45, 2.75) is 18.1 Å². The third kappa shape index (κ3) is 4.95. The van der Waals surface area contributed by atoms with Crippen LogP contribution in [0.5, 0.6) is 0 Å². The molecule has 0 atom stereocenters. The molecule has 0 saturated carbocycles. The molecular formula is C18H19FN4O3S. The third-order valence-electron chi connectivity index (χ3n) is 3.67. The zero-order valence-corrected chi connectivity index (χ0v) is 15.5. The monoisotopic (exact) mass is 390 g/mol. The molecule has 0 unspecified atom stereocenters. The molecule has 0 spiro atoms. The van der Waals surface area contributed by atoms with Gasteiger partial charge < -0.3 is 14.5 Å². The summed E-state index contributed by atoms with van der Waals surface area (Å²) >= 11 is 1.23. The van der Waals surface area contributed by atoms with Crippen molar-refractivity contribution in [1.82, 2.24) is 14.8 Å². The number of anilines is 1. The smallest absolute Gasteiger partial charge is 0.234 e. The zero-order valence-electron chi connectivity index (χ0n) is 14.7. The molecule has 0 fully saturated rings. The second kappa shape index (κ2) is 9.33. The fourth-order valence-corrected chi connectivity index (χ4v) is 3.20. The van der Waals surface area contributed by atoms with Crippen LogP contribution in [0.4, 0.5) is 10.1 Å². The molecule has 1 aromatic carbocycles.